The molecular weight excluding hydrogens is 186 g/mol. The molecule has 15 heavy (non-hydrogen) atoms. The summed E-state index contributed by atoms with van der Waals surface area (Å²) in [5.74, 6) is 0.763. The summed E-state index contributed by atoms with van der Waals surface area (Å²) in [7, 11) is 0. The maximum absolute atomic E-state index is 11.2. The molecule has 84 valence electrons. The highest BCUT2D eigenvalue weighted by Crippen LogP contribution is 2.27. The average molecular weight is 207 g/mol. The van der Waals surface area contributed by atoms with Gasteiger partial charge in [0.2, 0.25) is 5.91 Å². The molecule has 1 amide bonds. The van der Waals surface area contributed by atoms with E-state index in [0.717, 1.165) is 25.9 Å². The van der Waals surface area contributed by atoms with Crippen LogP contribution in [0.25, 0.3) is 0 Å². The van der Waals surface area contributed by atoms with Crippen molar-refractivity contribution in [2.24, 2.45) is 5.92 Å². The number of carbonyl (C=O) groups is 1. The highest BCUT2D eigenvalue weighted by atomic mass is 16.2. The largest absolute Gasteiger partial charge is 0.343 e. The van der Waals surface area contributed by atoms with E-state index >= 15 is 0 Å². The molecule has 0 saturated carbocycles. The molecule has 0 unspecified atom stereocenters. The van der Waals surface area contributed by atoms with E-state index in [-0.39, 0.29) is 5.91 Å². The molecule has 0 spiro atoms. The Hall–Kier alpha value is -1.05. The molecule has 1 saturated heterocycles. The van der Waals surface area contributed by atoms with Crippen LogP contribution in [0.1, 0.15) is 33.6 Å². The van der Waals surface area contributed by atoms with Gasteiger partial charge in [-0.2, -0.15) is 0 Å². The minimum Gasteiger partial charge on any atom is -0.343 e. The first-order valence-electron chi connectivity index (χ1n) is 5.63. The second-order valence-electron chi connectivity index (χ2n) is 4.28. The van der Waals surface area contributed by atoms with Crippen molar-refractivity contribution in [1.29, 1.82) is 0 Å². The molecule has 0 aliphatic carbocycles. The van der Waals surface area contributed by atoms with Crippen molar-refractivity contribution in [2.45, 2.75) is 33.6 Å². The predicted molar refractivity (Wildman–Crippen MR) is 63.5 cm³/mol. The van der Waals surface area contributed by atoms with Crippen molar-refractivity contribution in [2.75, 3.05) is 13.1 Å². The van der Waals surface area contributed by atoms with Crippen LogP contribution < -0.4 is 0 Å². The molecule has 0 N–H and O–H groups in total. The summed E-state index contributed by atoms with van der Waals surface area (Å²) in [6, 6.07) is 0. The third-order valence-electron chi connectivity index (χ3n) is 3.37. The van der Waals surface area contributed by atoms with Crippen molar-refractivity contribution in [1.82, 2.24) is 4.90 Å². The van der Waals surface area contributed by atoms with E-state index in [9.17, 15) is 4.79 Å². The number of nitrogens with zero attached hydrogens (tertiary/aromatic N) is 1. The van der Waals surface area contributed by atoms with Gasteiger partial charge in [-0.1, -0.05) is 18.2 Å². The summed E-state index contributed by atoms with van der Waals surface area (Å²) < 4.78 is 0. The van der Waals surface area contributed by atoms with Gasteiger partial charge in [0, 0.05) is 20.0 Å². The van der Waals surface area contributed by atoms with Crippen LogP contribution in [0.4, 0.5) is 0 Å². The summed E-state index contributed by atoms with van der Waals surface area (Å²) in [5, 5.41) is 0. The third-order valence-corrected chi connectivity index (χ3v) is 3.37. The molecule has 0 aromatic rings. The Morgan fingerprint density at radius 2 is 1.87 bits per heavy atom. The number of hydrogen-bond donors (Lipinski definition) is 0. The zero-order chi connectivity index (χ0) is 11.4. The number of amides is 1. The first kappa shape index (κ1) is 12.0. The van der Waals surface area contributed by atoms with Crippen molar-refractivity contribution >= 4 is 5.91 Å². The Balaban J connectivity index is 2.51. The number of piperidine rings is 1. The van der Waals surface area contributed by atoms with E-state index in [1.54, 1.807) is 6.92 Å². The van der Waals surface area contributed by atoms with Gasteiger partial charge in [-0.05, 0) is 38.2 Å². The van der Waals surface area contributed by atoms with Crippen LogP contribution in [0.2, 0.25) is 0 Å². The Morgan fingerprint density at radius 1 is 1.33 bits per heavy atom. The lowest BCUT2D eigenvalue weighted by Crippen LogP contribution is -2.37. The second-order valence-corrected chi connectivity index (χ2v) is 4.28. The average Bonchev–Trinajstić information content (AvgIpc) is 2.27. The van der Waals surface area contributed by atoms with Crippen LogP contribution in [0.15, 0.2) is 23.8 Å². The lowest BCUT2D eigenvalue weighted by atomic mass is 9.86. The van der Waals surface area contributed by atoms with Gasteiger partial charge in [0.1, 0.15) is 0 Å². The van der Waals surface area contributed by atoms with Gasteiger partial charge in [0.05, 0.1) is 0 Å². The molecule has 1 fully saturated rings. The maximum Gasteiger partial charge on any atom is 0.219 e. The fraction of sp³-hybridized carbons (Fsp3) is 0.615. The van der Waals surface area contributed by atoms with Crippen LogP contribution in [-0.4, -0.2) is 23.9 Å². The summed E-state index contributed by atoms with van der Waals surface area (Å²) in [5.41, 5.74) is 2.54. The SMILES string of the molecule is C=C(/C(C)=C\C)C1CCN(C(C)=O)CC1. The highest BCUT2D eigenvalue weighted by Gasteiger charge is 2.22. The summed E-state index contributed by atoms with van der Waals surface area (Å²) in [6.07, 6.45) is 4.23. The van der Waals surface area contributed by atoms with Crippen LogP contribution in [0.3, 0.4) is 0 Å². The zero-order valence-electron chi connectivity index (χ0n) is 10.0. The van der Waals surface area contributed by atoms with Crippen molar-refractivity contribution in [3.05, 3.63) is 23.8 Å². The molecule has 1 rings (SSSR count). The quantitative estimate of drug-likeness (QED) is 0.638. The molecule has 2 nitrogen and oxygen atoms in total. The fourth-order valence-corrected chi connectivity index (χ4v) is 2.05. The third kappa shape index (κ3) is 2.95. The van der Waals surface area contributed by atoms with Crippen LogP contribution >= 0.6 is 0 Å². The highest BCUT2D eigenvalue weighted by molar-refractivity contribution is 5.73. The van der Waals surface area contributed by atoms with E-state index in [0.29, 0.717) is 5.92 Å². The van der Waals surface area contributed by atoms with Gasteiger partial charge in [0.15, 0.2) is 0 Å². The molecule has 1 heterocycles. The molecular formula is C13H21NO. The molecule has 0 bridgehead atoms. The fourth-order valence-electron chi connectivity index (χ4n) is 2.05. The number of rotatable bonds is 2. The predicted octanol–water partition coefficient (Wildman–Crippen LogP) is 2.77. The first-order chi connectivity index (χ1) is 7.06. The minimum atomic E-state index is 0.196. The van der Waals surface area contributed by atoms with E-state index in [1.807, 2.05) is 11.8 Å². The van der Waals surface area contributed by atoms with E-state index in [4.69, 9.17) is 0 Å². The number of allylic oxidation sites excluding steroid dienone is 3. The first-order valence-corrected chi connectivity index (χ1v) is 5.63. The monoisotopic (exact) mass is 207 g/mol. The number of hydrogen-bond acceptors (Lipinski definition) is 1. The summed E-state index contributed by atoms with van der Waals surface area (Å²) in [6.45, 7) is 11.7. The van der Waals surface area contributed by atoms with Crippen LogP contribution in [-0.2, 0) is 4.79 Å². The molecule has 0 aromatic heterocycles. The van der Waals surface area contributed by atoms with Crippen molar-refractivity contribution < 1.29 is 4.79 Å². The lowest BCUT2D eigenvalue weighted by Gasteiger charge is -2.32. The molecule has 0 atom stereocenters. The van der Waals surface area contributed by atoms with Gasteiger partial charge < -0.3 is 4.90 Å². The molecule has 2 heteroatoms. The number of carbonyl (C=O) groups excluding carboxylic acids is 1. The van der Waals surface area contributed by atoms with Gasteiger partial charge in [0.25, 0.3) is 0 Å². The standard InChI is InChI=1S/C13H21NO/c1-5-10(2)11(3)13-6-8-14(9-7-13)12(4)15/h5,13H,3,6-9H2,1-2,4H3/b10-5-. The van der Waals surface area contributed by atoms with Crippen LogP contribution in [0, 0.1) is 5.92 Å². The normalized spacial score (nSPS) is 19.1. The van der Waals surface area contributed by atoms with E-state index < -0.39 is 0 Å². The Bertz CT molecular complexity index is 283. The number of likely N-dealkylation sites (tertiary alicyclic amines) is 1. The summed E-state index contributed by atoms with van der Waals surface area (Å²) >= 11 is 0. The Morgan fingerprint density at radius 3 is 2.27 bits per heavy atom. The van der Waals surface area contributed by atoms with Crippen LogP contribution in [0.5, 0.6) is 0 Å². The van der Waals surface area contributed by atoms with Crippen molar-refractivity contribution in [3.8, 4) is 0 Å². The van der Waals surface area contributed by atoms with Gasteiger partial charge in [-0.3, -0.25) is 4.79 Å². The molecule has 1 aliphatic heterocycles. The molecule has 0 aromatic carbocycles. The topological polar surface area (TPSA) is 20.3 Å². The Labute approximate surface area is 92.7 Å². The van der Waals surface area contributed by atoms with E-state index in [2.05, 4.69) is 19.6 Å². The maximum atomic E-state index is 11.2. The zero-order valence-corrected chi connectivity index (χ0v) is 10.0. The molecule has 0 radical (unpaired) electrons. The summed E-state index contributed by atoms with van der Waals surface area (Å²) in [4.78, 5) is 13.1. The Kier molecular flexibility index (Phi) is 4.13. The molecule has 1 aliphatic rings. The lowest BCUT2D eigenvalue weighted by molar-refractivity contribution is -0.130. The smallest absolute Gasteiger partial charge is 0.219 e. The van der Waals surface area contributed by atoms with Gasteiger partial charge in [-0.25, -0.2) is 0 Å². The second kappa shape index (κ2) is 5.15. The minimum absolute atomic E-state index is 0.196. The van der Waals surface area contributed by atoms with E-state index in [1.165, 1.54) is 11.1 Å². The van der Waals surface area contributed by atoms with Crippen molar-refractivity contribution in [3.63, 3.8) is 0 Å². The van der Waals surface area contributed by atoms with Gasteiger partial charge in [-0.15, -0.1) is 0 Å². The van der Waals surface area contributed by atoms with Gasteiger partial charge >= 0.3 is 0 Å².